The largest absolute Gasteiger partial charge is 0.301 e. The lowest BCUT2D eigenvalue weighted by atomic mass is 9.95. The predicted octanol–water partition coefficient (Wildman–Crippen LogP) is 2.46. The van der Waals surface area contributed by atoms with Gasteiger partial charge in [-0.15, -0.1) is 0 Å². The highest BCUT2D eigenvalue weighted by molar-refractivity contribution is 5.04. The Morgan fingerprint density at radius 3 is 2.57 bits per heavy atom. The Bertz CT molecular complexity index is 336. The highest BCUT2D eigenvalue weighted by atomic mass is 15.3. The number of unbranched alkanes of at least 4 members (excludes halogenated alkanes) is 1. The molecule has 122 valence electrons. The van der Waals surface area contributed by atoms with Crippen LogP contribution >= 0.6 is 0 Å². The number of nitrogens with one attached hydrogen (secondary N) is 1. The average Bonchev–Trinajstić information content (AvgIpc) is 2.43. The van der Waals surface area contributed by atoms with Gasteiger partial charge in [-0.3, -0.25) is 10.2 Å². The molecule has 1 aliphatic rings. The molecule has 0 spiro atoms. The molecule has 1 aliphatic heterocycles. The number of nitriles is 1. The molecule has 1 fully saturated rings. The van der Waals surface area contributed by atoms with Gasteiger partial charge in [-0.2, -0.15) is 5.26 Å². The summed E-state index contributed by atoms with van der Waals surface area (Å²) in [5.74, 6) is 0. The summed E-state index contributed by atoms with van der Waals surface area (Å²) in [5, 5.41) is 12.7. The Morgan fingerprint density at radius 2 is 2.05 bits per heavy atom. The van der Waals surface area contributed by atoms with E-state index in [4.69, 9.17) is 0 Å². The number of hydrogen-bond acceptors (Lipinski definition) is 4. The number of rotatable bonds is 8. The Kier molecular flexibility index (Phi) is 7.65. The van der Waals surface area contributed by atoms with E-state index in [0.29, 0.717) is 12.1 Å². The Morgan fingerprint density at radius 1 is 1.33 bits per heavy atom. The topological polar surface area (TPSA) is 42.3 Å². The fourth-order valence-electron chi connectivity index (χ4n) is 3.36. The van der Waals surface area contributed by atoms with Crippen LogP contribution in [0.15, 0.2) is 0 Å². The Labute approximate surface area is 131 Å². The van der Waals surface area contributed by atoms with Crippen molar-refractivity contribution < 1.29 is 0 Å². The van der Waals surface area contributed by atoms with Crippen LogP contribution in [0, 0.1) is 11.3 Å². The first kappa shape index (κ1) is 18.4. The van der Waals surface area contributed by atoms with Crippen LogP contribution < -0.4 is 5.32 Å². The van der Waals surface area contributed by atoms with Gasteiger partial charge in [0, 0.05) is 31.7 Å². The minimum Gasteiger partial charge on any atom is -0.301 e. The van der Waals surface area contributed by atoms with Gasteiger partial charge in [0.25, 0.3) is 0 Å². The van der Waals surface area contributed by atoms with E-state index < -0.39 is 0 Å². The van der Waals surface area contributed by atoms with Crippen molar-refractivity contribution in [2.45, 2.75) is 71.5 Å². The van der Waals surface area contributed by atoms with Gasteiger partial charge in [0.15, 0.2) is 0 Å². The molecular weight excluding hydrogens is 260 g/mol. The lowest BCUT2D eigenvalue weighted by Crippen LogP contribution is -2.51. The molecule has 0 saturated carbocycles. The van der Waals surface area contributed by atoms with E-state index in [-0.39, 0.29) is 5.54 Å². The standard InChI is InChI=1S/C17H34N4/c1-6-21-12-11-20(13-16(21)4)10-8-7-9-17(5,14-18)19-15(2)3/h15-16,19H,6-13H2,1-5H3. The zero-order valence-corrected chi connectivity index (χ0v) is 14.7. The number of hydrogen-bond donors (Lipinski definition) is 1. The van der Waals surface area contributed by atoms with Crippen LogP contribution in [0.25, 0.3) is 0 Å². The zero-order valence-electron chi connectivity index (χ0n) is 14.7. The molecule has 4 heteroatoms. The molecule has 1 saturated heterocycles. The van der Waals surface area contributed by atoms with E-state index in [0.717, 1.165) is 19.4 Å². The van der Waals surface area contributed by atoms with Crippen LogP contribution in [0.3, 0.4) is 0 Å². The molecule has 2 atom stereocenters. The maximum atomic E-state index is 9.34. The van der Waals surface area contributed by atoms with Crippen LogP contribution in [0.1, 0.15) is 53.9 Å². The summed E-state index contributed by atoms with van der Waals surface area (Å²) >= 11 is 0. The molecule has 2 unspecified atom stereocenters. The average molecular weight is 294 g/mol. The van der Waals surface area contributed by atoms with Crippen molar-refractivity contribution in [3.8, 4) is 6.07 Å². The number of likely N-dealkylation sites (N-methyl/N-ethyl adjacent to an activating group) is 1. The summed E-state index contributed by atoms with van der Waals surface area (Å²) in [4.78, 5) is 5.13. The summed E-state index contributed by atoms with van der Waals surface area (Å²) in [6.07, 6.45) is 3.24. The Balaban J connectivity index is 2.24. The monoisotopic (exact) mass is 294 g/mol. The van der Waals surface area contributed by atoms with Gasteiger partial charge >= 0.3 is 0 Å². The van der Waals surface area contributed by atoms with Gasteiger partial charge in [-0.25, -0.2) is 0 Å². The van der Waals surface area contributed by atoms with E-state index in [2.05, 4.69) is 48.9 Å². The minimum atomic E-state index is -0.373. The van der Waals surface area contributed by atoms with Gasteiger partial charge in [0.2, 0.25) is 0 Å². The maximum absolute atomic E-state index is 9.34. The van der Waals surface area contributed by atoms with Gasteiger partial charge in [-0.1, -0.05) is 6.92 Å². The van der Waals surface area contributed by atoms with Gasteiger partial charge in [0.1, 0.15) is 5.54 Å². The van der Waals surface area contributed by atoms with Crippen LogP contribution in [0.5, 0.6) is 0 Å². The van der Waals surface area contributed by atoms with Crippen molar-refractivity contribution in [1.29, 1.82) is 5.26 Å². The predicted molar refractivity (Wildman–Crippen MR) is 89.3 cm³/mol. The first-order chi connectivity index (χ1) is 9.90. The molecule has 21 heavy (non-hydrogen) atoms. The van der Waals surface area contributed by atoms with Crippen molar-refractivity contribution in [2.24, 2.45) is 0 Å². The highest BCUT2D eigenvalue weighted by Crippen LogP contribution is 2.15. The molecule has 1 heterocycles. The summed E-state index contributed by atoms with van der Waals surface area (Å²) < 4.78 is 0. The minimum absolute atomic E-state index is 0.359. The second kappa shape index (κ2) is 8.73. The first-order valence-corrected chi connectivity index (χ1v) is 8.55. The molecular formula is C17H34N4. The fourth-order valence-corrected chi connectivity index (χ4v) is 3.36. The molecule has 0 aromatic carbocycles. The van der Waals surface area contributed by atoms with E-state index in [1.807, 2.05) is 6.92 Å². The third kappa shape index (κ3) is 6.34. The van der Waals surface area contributed by atoms with E-state index in [9.17, 15) is 5.26 Å². The molecule has 0 bridgehead atoms. The summed E-state index contributed by atoms with van der Waals surface area (Å²) in [7, 11) is 0. The smallest absolute Gasteiger partial charge is 0.104 e. The Hall–Kier alpha value is -0.630. The third-order valence-corrected chi connectivity index (χ3v) is 4.51. The van der Waals surface area contributed by atoms with E-state index in [1.165, 1.54) is 32.6 Å². The second-order valence-electron chi connectivity index (χ2n) is 6.98. The van der Waals surface area contributed by atoms with Crippen LogP contribution in [0.4, 0.5) is 0 Å². The lowest BCUT2D eigenvalue weighted by molar-refractivity contribution is 0.0866. The van der Waals surface area contributed by atoms with Crippen molar-refractivity contribution in [3.63, 3.8) is 0 Å². The van der Waals surface area contributed by atoms with E-state index in [1.54, 1.807) is 0 Å². The highest BCUT2D eigenvalue weighted by Gasteiger charge is 2.24. The SMILES string of the molecule is CCN1CCN(CCCCC(C)(C#N)NC(C)C)CC1C. The van der Waals surface area contributed by atoms with Crippen LogP contribution in [-0.4, -0.2) is 60.1 Å². The van der Waals surface area contributed by atoms with Gasteiger partial charge in [0.05, 0.1) is 6.07 Å². The molecule has 1 rings (SSSR count). The number of nitrogens with zero attached hydrogens (tertiary/aromatic N) is 3. The van der Waals surface area contributed by atoms with Gasteiger partial charge in [-0.05, 0) is 60.0 Å². The summed E-state index contributed by atoms with van der Waals surface area (Å²) in [6.45, 7) is 16.7. The molecule has 1 N–H and O–H groups in total. The van der Waals surface area contributed by atoms with Crippen molar-refractivity contribution in [3.05, 3.63) is 0 Å². The first-order valence-electron chi connectivity index (χ1n) is 8.55. The number of piperazine rings is 1. The third-order valence-electron chi connectivity index (χ3n) is 4.51. The summed E-state index contributed by atoms with van der Waals surface area (Å²) in [6, 6.07) is 3.47. The van der Waals surface area contributed by atoms with E-state index >= 15 is 0 Å². The molecule has 4 nitrogen and oxygen atoms in total. The van der Waals surface area contributed by atoms with Gasteiger partial charge < -0.3 is 4.90 Å². The molecule has 0 radical (unpaired) electrons. The van der Waals surface area contributed by atoms with Crippen LogP contribution in [-0.2, 0) is 0 Å². The molecule has 0 aromatic rings. The normalized spacial score (nSPS) is 24.0. The van der Waals surface area contributed by atoms with Crippen LogP contribution in [0.2, 0.25) is 0 Å². The molecule has 0 amide bonds. The maximum Gasteiger partial charge on any atom is 0.104 e. The van der Waals surface area contributed by atoms with Crippen molar-refractivity contribution >= 4 is 0 Å². The van der Waals surface area contributed by atoms with Crippen molar-refractivity contribution in [1.82, 2.24) is 15.1 Å². The zero-order chi connectivity index (χ0) is 15.9. The summed E-state index contributed by atoms with van der Waals surface area (Å²) in [5.41, 5.74) is -0.373. The molecule has 0 aliphatic carbocycles. The van der Waals surface area contributed by atoms with Crippen molar-refractivity contribution in [2.75, 3.05) is 32.7 Å². The quantitative estimate of drug-likeness (QED) is 0.698. The molecule has 0 aromatic heterocycles. The lowest BCUT2D eigenvalue weighted by Gasteiger charge is -2.39. The second-order valence-corrected chi connectivity index (χ2v) is 6.98. The fraction of sp³-hybridized carbons (Fsp3) is 0.941.